The number of aliphatic hydroxyl groups excluding tert-OH is 1. The van der Waals surface area contributed by atoms with Gasteiger partial charge in [-0.05, 0) is 35.2 Å². The van der Waals surface area contributed by atoms with E-state index in [9.17, 15) is 8.42 Å². The van der Waals surface area contributed by atoms with Crippen molar-refractivity contribution in [1.29, 1.82) is 0 Å². The molecule has 1 aromatic rings. The molecule has 0 aliphatic rings. The molecular weight excluding hydrogens is 324 g/mol. The van der Waals surface area contributed by atoms with Crippen LogP contribution in [0.2, 0.25) is 0 Å². The summed E-state index contributed by atoms with van der Waals surface area (Å²) in [5.74, 6) is 0. The van der Waals surface area contributed by atoms with Crippen LogP contribution in [0.3, 0.4) is 0 Å². The van der Waals surface area contributed by atoms with E-state index in [4.69, 9.17) is 5.11 Å². The van der Waals surface area contributed by atoms with Gasteiger partial charge in [0.1, 0.15) is 0 Å². The number of aliphatic hydroxyl groups is 1. The van der Waals surface area contributed by atoms with Crippen molar-refractivity contribution < 1.29 is 13.5 Å². The lowest BCUT2D eigenvalue weighted by atomic mass is 10.2. The molecule has 0 amide bonds. The van der Waals surface area contributed by atoms with Crippen LogP contribution < -0.4 is 0 Å². The van der Waals surface area contributed by atoms with E-state index in [0.717, 1.165) is 6.42 Å². The summed E-state index contributed by atoms with van der Waals surface area (Å²) < 4.78 is 27.2. The van der Waals surface area contributed by atoms with Gasteiger partial charge < -0.3 is 5.11 Å². The Balaban J connectivity index is 2.75. The van der Waals surface area contributed by atoms with Crippen LogP contribution in [0.1, 0.15) is 19.3 Å². The number of halogens is 1. The van der Waals surface area contributed by atoms with Crippen molar-refractivity contribution in [1.82, 2.24) is 19.3 Å². The number of unbranched alkanes of at least 4 members (excludes halogenated alkanes) is 2. The van der Waals surface area contributed by atoms with Gasteiger partial charge in [0.2, 0.25) is 5.03 Å². The lowest BCUT2D eigenvalue weighted by molar-refractivity contribution is 0.281. The molecule has 18 heavy (non-hydrogen) atoms. The monoisotopic (exact) mass is 340 g/mol. The summed E-state index contributed by atoms with van der Waals surface area (Å²) in [5.41, 5.74) is 0. The Morgan fingerprint density at radius 1 is 1.39 bits per heavy atom. The zero-order chi connectivity index (χ0) is 13.8. The van der Waals surface area contributed by atoms with Gasteiger partial charge in [-0.3, -0.25) is 0 Å². The zero-order valence-electron chi connectivity index (χ0n) is 10.4. The van der Waals surface area contributed by atoms with Crippen LogP contribution in [0, 0.1) is 0 Å². The first-order valence-electron chi connectivity index (χ1n) is 5.53. The molecule has 1 N–H and O–H groups in total. The molecule has 0 saturated carbocycles. The Kier molecular flexibility index (Phi) is 5.70. The molecule has 0 saturated heterocycles. The quantitative estimate of drug-likeness (QED) is 0.724. The van der Waals surface area contributed by atoms with Crippen LogP contribution in [0.15, 0.2) is 9.63 Å². The number of hydrogen-bond donors (Lipinski definition) is 1. The van der Waals surface area contributed by atoms with Crippen LogP contribution in [0.4, 0.5) is 0 Å². The molecule has 0 spiro atoms. The molecule has 0 aliphatic carbocycles. The predicted octanol–water partition coefficient (Wildman–Crippen LogP) is 0.361. The van der Waals surface area contributed by atoms with Crippen LogP contribution in [0.25, 0.3) is 0 Å². The lowest BCUT2D eigenvalue weighted by Crippen LogP contribution is -2.29. The zero-order valence-corrected chi connectivity index (χ0v) is 12.8. The fraction of sp³-hybridized carbons (Fsp3) is 0.778. The second kappa shape index (κ2) is 6.60. The minimum absolute atomic E-state index is 0.0483. The molecular formula is C9H17BrN4O3S. The van der Waals surface area contributed by atoms with E-state index < -0.39 is 10.0 Å². The number of aryl methyl sites for hydroxylation is 1. The average Bonchev–Trinajstić information content (AvgIpc) is 2.64. The topological polar surface area (TPSA) is 88.3 Å². The number of aromatic nitrogens is 3. The Morgan fingerprint density at radius 2 is 2.06 bits per heavy atom. The highest BCUT2D eigenvalue weighted by Crippen LogP contribution is 2.21. The SMILES string of the molecule is CN(CCCCCO)S(=O)(=O)c1c(Br)nnn1C. The Morgan fingerprint density at radius 3 is 2.56 bits per heavy atom. The summed E-state index contributed by atoms with van der Waals surface area (Å²) >= 11 is 3.08. The van der Waals surface area contributed by atoms with Crippen molar-refractivity contribution in [3.8, 4) is 0 Å². The van der Waals surface area contributed by atoms with Gasteiger partial charge >= 0.3 is 0 Å². The maximum atomic E-state index is 12.2. The highest BCUT2D eigenvalue weighted by Gasteiger charge is 2.27. The Bertz CT molecular complexity index is 469. The normalized spacial score (nSPS) is 12.3. The molecule has 0 bridgehead atoms. The summed E-state index contributed by atoms with van der Waals surface area (Å²) in [5, 5.41) is 16.0. The molecule has 0 atom stereocenters. The summed E-state index contributed by atoms with van der Waals surface area (Å²) in [6, 6.07) is 0. The molecule has 0 unspecified atom stereocenters. The number of sulfonamides is 1. The maximum Gasteiger partial charge on any atom is 0.262 e. The molecule has 104 valence electrons. The largest absolute Gasteiger partial charge is 0.396 e. The molecule has 0 aliphatic heterocycles. The minimum Gasteiger partial charge on any atom is -0.396 e. The first kappa shape index (κ1) is 15.5. The van der Waals surface area contributed by atoms with Gasteiger partial charge in [0.05, 0.1) is 0 Å². The third kappa shape index (κ3) is 3.50. The fourth-order valence-electron chi connectivity index (χ4n) is 1.49. The summed E-state index contributed by atoms with van der Waals surface area (Å²) in [6.45, 7) is 0.535. The van der Waals surface area contributed by atoms with Gasteiger partial charge in [0.25, 0.3) is 10.0 Å². The van der Waals surface area contributed by atoms with Gasteiger partial charge in [0.15, 0.2) is 4.60 Å². The van der Waals surface area contributed by atoms with Gasteiger partial charge in [-0.2, -0.15) is 4.31 Å². The van der Waals surface area contributed by atoms with E-state index in [-0.39, 0.29) is 16.2 Å². The van der Waals surface area contributed by atoms with Crippen molar-refractivity contribution in [3.05, 3.63) is 4.60 Å². The first-order chi connectivity index (χ1) is 8.41. The summed E-state index contributed by atoms with van der Waals surface area (Å²) in [4.78, 5) is 0. The number of hydrogen-bond acceptors (Lipinski definition) is 5. The van der Waals surface area contributed by atoms with Crippen molar-refractivity contribution in [2.24, 2.45) is 7.05 Å². The average molecular weight is 341 g/mol. The van der Waals surface area contributed by atoms with Crippen molar-refractivity contribution >= 4 is 26.0 Å². The van der Waals surface area contributed by atoms with Gasteiger partial charge in [0, 0.05) is 27.2 Å². The van der Waals surface area contributed by atoms with E-state index in [1.807, 2.05) is 0 Å². The molecule has 1 aromatic heterocycles. The Hall–Kier alpha value is -0.510. The summed E-state index contributed by atoms with van der Waals surface area (Å²) in [7, 11) is -0.529. The minimum atomic E-state index is -3.58. The molecule has 9 heteroatoms. The highest BCUT2D eigenvalue weighted by molar-refractivity contribution is 9.10. The third-order valence-corrected chi connectivity index (χ3v) is 5.27. The number of rotatable bonds is 7. The smallest absolute Gasteiger partial charge is 0.262 e. The molecule has 1 heterocycles. The standard InChI is InChI=1S/C9H17BrN4O3S/c1-13(6-4-3-5-7-15)18(16,17)9-8(10)11-12-14(9)2/h15H,3-7H2,1-2H3. The van der Waals surface area contributed by atoms with E-state index >= 15 is 0 Å². The van der Waals surface area contributed by atoms with Crippen LogP contribution >= 0.6 is 15.9 Å². The molecule has 0 aromatic carbocycles. The second-order valence-corrected chi connectivity index (χ2v) is 6.63. The second-order valence-electron chi connectivity index (χ2n) is 3.92. The van der Waals surface area contributed by atoms with Crippen LogP contribution in [-0.2, 0) is 17.1 Å². The molecule has 7 nitrogen and oxygen atoms in total. The van der Waals surface area contributed by atoms with E-state index in [1.54, 1.807) is 0 Å². The highest BCUT2D eigenvalue weighted by atomic mass is 79.9. The van der Waals surface area contributed by atoms with E-state index in [0.29, 0.717) is 19.4 Å². The maximum absolute atomic E-state index is 12.2. The first-order valence-corrected chi connectivity index (χ1v) is 7.77. The predicted molar refractivity (Wildman–Crippen MR) is 69.5 cm³/mol. The number of nitrogens with zero attached hydrogens (tertiary/aromatic N) is 4. The lowest BCUT2D eigenvalue weighted by Gasteiger charge is -2.16. The van der Waals surface area contributed by atoms with Crippen molar-refractivity contribution in [3.63, 3.8) is 0 Å². The van der Waals surface area contributed by atoms with Gasteiger partial charge in [-0.1, -0.05) is 5.21 Å². The van der Waals surface area contributed by atoms with Gasteiger partial charge in [-0.25, -0.2) is 13.1 Å². The Labute approximate surface area is 115 Å². The summed E-state index contributed by atoms with van der Waals surface area (Å²) in [6.07, 6.45) is 2.19. The van der Waals surface area contributed by atoms with Crippen LogP contribution in [-0.4, -0.2) is 53.0 Å². The van der Waals surface area contributed by atoms with Crippen molar-refractivity contribution in [2.75, 3.05) is 20.2 Å². The fourth-order valence-corrected chi connectivity index (χ4v) is 3.72. The van der Waals surface area contributed by atoms with E-state index in [2.05, 4.69) is 26.2 Å². The molecule has 0 radical (unpaired) electrons. The molecule has 0 fully saturated rings. The van der Waals surface area contributed by atoms with E-state index in [1.165, 1.54) is 23.1 Å². The van der Waals surface area contributed by atoms with Crippen molar-refractivity contribution in [2.45, 2.75) is 24.3 Å². The van der Waals surface area contributed by atoms with Gasteiger partial charge in [-0.15, -0.1) is 5.10 Å². The third-order valence-electron chi connectivity index (χ3n) is 2.52. The molecule has 1 rings (SSSR count). The van der Waals surface area contributed by atoms with Crippen LogP contribution in [0.5, 0.6) is 0 Å².